The third-order valence-corrected chi connectivity index (χ3v) is 6.59. The first kappa shape index (κ1) is 17.7. The molecule has 4 atom stereocenters. The molecular weight excluding hydrogens is 424 g/mol. The lowest BCUT2D eigenvalue weighted by Gasteiger charge is -2.37. The number of halogens is 1. The molecule has 5 rings (SSSR count). The average molecular weight is 443 g/mol. The van der Waals surface area contributed by atoms with Gasteiger partial charge in [0.25, 0.3) is 5.91 Å². The van der Waals surface area contributed by atoms with E-state index in [0.717, 1.165) is 24.8 Å². The van der Waals surface area contributed by atoms with Crippen LogP contribution in [0.2, 0.25) is 0 Å². The highest BCUT2D eigenvalue weighted by Gasteiger charge is 2.53. The Labute approximate surface area is 170 Å². The molecule has 0 bridgehead atoms. The Bertz CT molecular complexity index is 983. The molecule has 28 heavy (non-hydrogen) atoms. The number of rotatable bonds is 2. The molecule has 1 saturated carbocycles. The van der Waals surface area contributed by atoms with Gasteiger partial charge in [0.05, 0.1) is 17.5 Å². The topological polar surface area (TPSA) is 72.6 Å². The Balaban J connectivity index is 1.64. The van der Waals surface area contributed by atoms with Crippen LogP contribution in [0, 0.1) is 12.8 Å². The summed E-state index contributed by atoms with van der Waals surface area (Å²) in [5, 5.41) is 4.04. The first-order valence-electron chi connectivity index (χ1n) is 9.45. The third-order valence-electron chi connectivity index (χ3n) is 5.76. The number of anilines is 1. The summed E-state index contributed by atoms with van der Waals surface area (Å²) in [7, 11) is 0. The fourth-order valence-corrected chi connectivity index (χ4v) is 5.14. The minimum atomic E-state index is -0.558. The minimum absolute atomic E-state index is 0.0142. The fourth-order valence-electron chi connectivity index (χ4n) is 4.47. The van der Waals surface area contributed by atoms with E-state index in [1.807, 2.05) is 30.3 Å². The number of aryl methyl sites for hydroxylation is 1. The number of nitrogens with zero attached hydrogens (tertiary/aromatic N) is 2. The molecule has 2 aliphatic heterocycles. The van der Waals surface area contributed by atoms with Crippen molar-refractivity contribution in [3.8, 4) is 0 Å². The van der Waals surface area contributed by atoms with E-state index in [-0.39, 0.29) is 29.5 Å². The number of benzene rings is 1. The predicted octanol–water partition coefficient (Wildman–Crippen LogP) is 3.86. The molecule has 1 fully saturated rings. The van der Waals surface area contributed by atoms with Crippen LogP contribution in [0.5, 0.6) is 0 Å². The average Bonchev–Trinajstić information content (AvgIpc) is 3.24. The number of hydrogen-bond acceptors (Lipinski definition) is 5. The molecule has 1 aromatic heterocycles. The van der Waals surface area contributed by atoms with Crippen molar-refractivity contribution in [2.45, 2.75) is 43.2 Å². The zero-order chi connectivity index (χ0) is 19.4. The molecular formula is C21H19BrN2O4. The molecule has 1 aliphatic carbocycles. The van der Waals surface area contributed by atoms with Gasteiger partial charge in [0, 0.05) is 10.9 Å². The Hall–Kier alpha value is -2.41. The molecule has 2 aromatic rings. The molecule has 1 amide bonds. The quantitative estimate of drug-likeness (QED) is 0.660. The molecule has 3 heterocycles. The fraction of sp³-hybridized carbons (Fsp3) is 0.381. The lowest BCUT2D eigenvalue weighted by molar-refractivity contribution is -0.131. The Morgan fingerprint density at radius 1 is 1.18 bits per heavy atom. The standard InChI is InChI=1S/C21H19BrN2O4/c1-11-9-16(23-28-11)24-18(12-5-3-2-4-6-12)17-19(25)14-10-13(22)7-8-15(14)27-20(17)21(24)26/h2-6,9,13-15,18H,7-8,10H2,1H3. The number of fused-ring (bicyclic) bond motifs is 1. The van der Waals surface area contributed by atoms with Gasteiger partial charge in [0.15, 0.2) is 17.4 Å². The van der Waals surface area contributed by atoms with E-state index >= 15 is 0 Å². The first-order chi connectivity index (χ1) is 13.5. The van der Waals surface area contributed by atoms with E-state index in [1.165, 1.54) is 4.90 Å². The number of Topliss-reactive ketones (excluding diaryl/α,β-unsaturated/α-hetero) is 1. The van der Waals surface area contributed by atoms with Crippen LogP contribution in [0.3, 0.4) is 0 Å². The van der Waals surface area contributed by atoms with Crippen molar-refractivity contribution in [3.05, 3.63) is 59.1 Å². The summed E-state index contributed by atoms with van der Waals surface area (Å²) >= 11 is 3.65. The maximum Gasteiger partial charge on any atom is 0.295 e. The second-order valence-corrected chi connectivity index (χ2v) is 8.86. The Morgan fingerprint density at radius 3 is 2.68 bits per heavy atom. The summed E-state index contributed by atoms with van der Waals surface area (Å²) in [4.78, 5) is 28.7. The van der Waals surface area contributed by atoms with Crippen LogP contribution in [0.1, 0.15) is 36.6 Å². The van der Waals surface area contributed by atoms with E-state index in [0.29, 0.717) is 22.0 Å². The van der Waals surface area contributed by atoms with Gasteiger partial charge in [0.2, 0.25) is 0 Å². The van der Waals surface area contributed by atoms with E-state index < -0.39 is 6.04 Å². The van der Waals surface area contributed by atoms with Gasteiger partial charge >= 0.3 is 0 Å². The maximum absolute atomic E-state index is 13.5. The number of carbonyl (C=O) groups is 2. The maximum atomic E-state index is 13.5. The third kappa shape index (κ3) is 2.64. The van der Waals surface area contributed by atoms with Crippen molar-refractivity contribution in [2.24, 2.45) is 5.92 Å². The summed E-state index contributed by atoms with van der Waals surface area (Å²) in [6.07, 6.45) is 2.17. The Kier molecular flexibility index (Phi) is 4.16. The van der Waals surface area contributed by atoms with Crippen molar-refractivity contribution in [3.63, 3.8) is 0 Å². The van der Waals surface area contributed by atoms with Crippen LogP contribution in [-0.4, -0.2) is 27.8 Å². The number of ether oxygens (including phenoxy) is 1. The van der Waals surface area contributed by atoms with Crippen molar-refractivity contribution >= 4 is 33.4 Å². The molecule has 3 aliphatic rings. The highest BCUT2D eigenvalue weighted by atomic mass is 79.9. The van der Waals surface area contributed by atoms with E-state index in [1.54, 1.807) is 13.0 Å². The second-order valence-electron chi connectivity index (χ2n) is 7.56. The molecule has 4 unspecified atom stereocenters. The van der Waals surface area contributed by atoms with Crippen molar-refractivity contribution in [2.75, 3.05) is 4.90 Å². The van der Waals surface area contributed by atoms with Gasteiger partial charge in [-0.05, 0) is 31.7 Å². The van der Waals surface area contributed by atoms with Gasteiger partial charge in [0.1, 0.15) is 11.9 Å². The molecule has 0 saturated heterocycles. The van der Waals surface area contributed by atoms with Crippen LogP contribution in [0.25, 0.3) is 0 Å². The van der Waals surface area contributed by atoms with Crippen molar-refractivity contribution in [1.82, 2.24) is 5.16 Å². The minimum Gasteiger partial charge on any atom is -0.483 e. The van der Waals surface area contributed by atoms with Crippen LogP contribution in [-0.2, 0) is 14.3 Å². The summed E-state index contributed by atoms with van der Waals surface area (Å²) in [6.45, 7) is 1.77. The molecule has 1 aromatic carbocycles. The summed E-state index contributed by atoms with van der Waals surface area (Å²) < 4.78 is 11.3. The van der Waals surface area contributed by atoms with Gasteiger partial charge in [-0.3, -0.25) is 14.5 Å². The normalized spacial score (nSPS) is 29.6. The molecule has 7 heteroatoms. The summed E-state index contributed by atoms with van der Waals surface area (Å²) in [6, 6.07) is 10.7. The summed E-state index contributed by atoms with van der Waals surface area (Å²) in [5.41, 5.74) is 1.29. The van der Waals surface area contributed by atoms with E-state index in [2.05, 4.69) is 21.1 Å². The van der Waals surface area contributed by atoms with Crippen molar-refractivity contribution in [1.29, 1.82) is 0 Å². The molecule has 6 nitrogen and oxygen atoms in total. The first-order valence-corrected chi connectivity index (χ1v) is 10.4. The zero-order valence-electron chi connectivity index (χ0n) is 15.3. The number of hydrogen-bond donors (Lipinski definition) is 0. The van der Waals surface area contributed by atoms with Crippen LogP contribution < -0.4 is 4.90 Å². The van der Waals surface area contributed by atoms with E-state index in [4.69, 9.17) is 9.26 Å². The number of carbonyl (C=O) groups excluding carboxylic acids is 2. The number of amides is 1. The van der Waals surface area contributed by atoms with E-state index in [9.17, 15) is 9.59 Å². The van der Waals surface area contributed by atoms with Crippen LogP contribution in [0.4, 0.5) is 5.82 Å². The van der Waals surface area contributed by atoms with Crippen LogP contribution >= 0.6 is 15.9 Å². The predicted molar refractivity (Wildman–Crippen MR) is 105 cm³/mol. The SMILES string of the molecule is Cc1cc(N2C(=O)C3=C(C(=O)C4CC(Br)CCC4O3)C2c2ccccc2)no1. The summed E-state index contributed by atoms with van der Waals surface area (Å²) in [5.74, 6) is 0.625. The zero-order valence-corrected chi connectivity index (χ0v) is 16.9. The van der Waals surface area contributed by atoms with Crippen LogP contribution in [0.15, 0.2) is 52.3 Å². The highest BCUT2D eigenvalue weighted by Crippen LogP contribution is 2.48. The van der Waals surface area contributed by atoms with Gasteiger partial charge < -0.3 is 9.26 Å². The Morgan fingerprint density at radius 2 is 1.96 bits per heavy atom. The van der Waals surface area contributed by atoms with Gasteiger partial charge in [-0.2, -0.15) is 0 Å². The second kappa shape index (κ2) is 6.58. The molecule has 0 spiro atoms. The van der Waals surface area contributed by atoms with Crippen molar-refractivity contribution < 1.29 is 18.8 Å². The highest BCUT2D eigenvalue weighted by molar-refractivity contribution is 9.09. The lowest BCUT2D eigenvalue weighted by atomic mass is 9.77. The number of aromatic nitrogens is 1. The number of alkyl halides is 1. The van der Waals surface area contributed by atoms with Gasteiger partial charge in [-0.25, -0.2) is 0 Å². The van der Waals surface area contributed by atoms with Gasteiger partial charge in [-0.1, -0.05) is 51.4 Å². The lowest BCUT2D eigenvalue weighted by Crippen LogP contribution is -2.41. The molecule has 144 valence electrons. The molecule has 0 radical (unpaired) electrons. The van der Waals surface area contributed by atoms with Gasteiger partial charge in [-0.15, -0.1) is 0 Å². The largest absolute Gasteiger partial charge is 0.483 e. The molecule has 0 N–H and O–H groups in total. The monoisotopic (exact) mass is 442 g/mol. The number of ketones is 1. The smallest absolute Gasteiger partial charge is 0.295 e.